The van der Waals surface area contributed by atoms with Crippen LogP contribution < -0.4 is 11.1 Å². The first-order valence-electron chi connectivity index (χ1n) is 14.3. The Morgan fingerprint density at radius 1 is 0.619 bits per heavy atom. The van der Waals surface area contributed by atoms with Crippen molar-refractivity contribution >= 4 is 57.1 Å². The normalized spacial score (nSPS) is 15.2. The minimum atomic E-state index is -0.225. The quantitative estimate of drug-likeness (QED) is 0.212. The van der Waals surface area contributed by atoms with E-state index in [1.54, 1.807) is 45.5 Å². The van der Waals surface area contributed by atoms with Gasteiger partial charge in [0.1, 0.15) is 0 Å². The number of benzene rings is 2. The Morgan fingerprint density at radius 2 is 1.00 bits per heavy atom. The maximum atomic E-state index is 13.7. The lowest BCUT2D eigenvalue weighted by Gasteiger charge is -2.18. The standard InChI is InChI=1S/C30H32N6O4S2/c37-25(33-13-5-6-14-33)19-41-29-31-23-11-3-1-9-21(23)27(39)35(29)17-18-36-28(40)22-10-2-4-12-24(22)32-30(36)42-20-26(38)34-15-7-8-16-34/h1-4,9-12H,5-8,13-20H2. The molecule has 218 valence electrons. The highest BCUT2D eigenvalue weighted by Crippen LogP contribution is 2.22. The van der Waals surface area contributed by atoms with Crippen LogP contribution in [0.1, 0.15) is 25.7 Å². The Morgan fingerprint density at radius 3 is 1.40 bits per heavy atom. The third-order valence-corrected chi connectivity index (χ3v) is 9.69. The van der Waals surface area contributed by atoms with E-state index in [-0.39, 0.29) is 47.5 Å². The summed E-state index contributed by atoms with van der Waals surface area (Å²) in [6, 6.07) is 14.3. The van der Waals surface area contributed by atoms with Gasteiger partial charge in [0.2, 0.25) is 11.8 Å². The molecule has 6 rings (SSSR count). The molecule has 2 aliphatic rings. The lowest BCUT2D eigenvalue weighted by molar-refractivity contribution is -0.128. The first-order valence-corrected chi connectivity index (χ1v) is 16.3. The van der Waals surface area contributed by atoms with Gasteiger partial charge >= 0.3 is 0 Å². The van der Waals surface area contributed by atoms with E-state index < -0.39 is 0 Å². The number of carbonyl (C=O) groups is 2. The molecular weight excluding hydrogens is 573 g/mol. The number of para-hydroxylation sites is 2. The summed E-state index contributed by atoms with van der Waals surface area (Å²) >= 11 is 2.50. The first kappa shape index (κ1) is 28.5. The van der Waals surface area contributed by atoms with E-state index in [1.807, 2.05) is 21.9 Å². The van der Waals surface area contributed by atoms with Crippen LogP contribution in [0.25, 0.3) is 21.8 Å². The number of carbonyl (C=O) groups excluding carboxylic acids is 2. The number of likely N-dealkylation sites (tertiary alicyclic amines) is 2. The zero-order valence-corrected chi connectivity index (χ0v) is 24.9. The highest BCUT2D eigenvalue weighted by molar-refractivity contribution is 8.00. The maximum Gasteiger partial charge on any atom is 0.262 e. The summed E-state index contributed by atoms with van der Waals surface area (Å²) in [5.41, 5.74) is 0.682. The Kier molecular flexibility index (Phi) is 8.61. The predicted molar refractivity (Wildman–Crippen MR) is 165 cm³/mol. The van der Waals surface area contributed by atoms with E-state index in [2.05, 4.69) is 0 Å². The van der Waals surface area contributed by atoms with Gasteiger partial charge in [0.05, 0.1) is 33.3 Å². The zero-order valence-electron chi connectivity index (χ0n) is 23.2. The van der Waals surface area contributed by atoms with Crippen LogP contribution in [0.15, 0.2) is 68.4 Å². The molecule has 2 fully saturated rings. The molecule has 0 aliphatic carbocycles. The monoisotopic (exact) mass is 604 g/mol. The van der Waals surface area contributed by atoms with Gasteiger partial charge in [-0.2, -0.15) is 0 Å². The molecule has 0 saturated carbocycles. The van der Waals surface area contributed by atoms with E-state index in [1.165, 1.54) is 23.5 Å². The zero-order chi connectivity index (χ0) is 29.1. The van der Waals surface area contributed by atoms with Crippen LogP contribution in [0.4, 0.5) is 0 Å². The van der Waals surface area contributed by atoms with Crippen molar-refractivity contribution in [2.45, 2.75) is 49.1 Å². The van der Waals surface area contributed by atoms with Gasteiger partial charge in [-0.1, -0.05) is 47.8 Å². The second-order valence-corrected chi connectivity index (χ2v) is 12.4. The second kappa shape index (κ2) is 12.7. The number of rotatable bonds is 9. The van der Waals surface area contributed by atoms with Crippen molar-refractivity contribution in [1.29, 1.82) is 0 Å². The van der Waals surface area contributed by atoms with Crippen LogP contribution in [-0.2, 0) is 22.7 Å². The van der Waals surface area contributed by atoms with Crippen LogP contribution >= 0.6 is 23.5 Å². The molecule has 0 bridgehead atoms. The minimum Gasteiger partial charge on any atom is -0.342 e. The van der Waals surface area contributed by atoms with Crippen molar-refractivity contribution in [3.05, 3.63) is 69.2 Å². The average Bonchev–Trinajstić information content (AvgIpc) is 3.75. The maximum absolute atomic E-state index is 13.7. The van der Waals surface area contributed by atoms with Crippen molar-refractivity contribution < 1.29 is 9.59 Å². The molecule has 12 heteroatoms. The predicted octanol–water partition coefficient (Wildman–Crippen LogP) is 3.24. The van der Waals surface area contributed by atoms with Gasteiger partial charge in [0, 0.05) is 39.3 Å². The highest BCUT2D eigenvalue weighted by Gasteiger charge is 2.22. The molecular formula is C30H32N6O4S2. The smallest absolute Gasteiger partial charge is 0.262 e. The summed E-state index contributed by atoms with van der Waals surface area (Å²) in [5.74, 6) is 0.426. The van der Waals surface area contributed by atoms with Crippen LogP contribution in [0.5, 0.6) is 0 Å². The number of amides is 2. The van der Waals surface area contributed by atoms with Gasteiger partial charge in [-0.25, -0.2) is 9.97 Å². The van der Waals surface area contributed by atoms with Crippen LogP contribution in [0, 0.1) is 0 Å². The molecule has 2 aliphatic heterocycles. The molecule has 4 aromatic rings. The van der Waals surface area contributed by atoms with Crippen LogP contribution in [0.2, 0.25) is 0 Å². The molecule has 42 heavy (non-hydrogen) atoms. The van der Waals surface area contributed by atoms with Crippen molar-refractivity contribution in [2.24, 2.45) is 0 Å². The Hall–Kier alpha value is -3.64. The van der Waals surface area contributed by atoms with Gasteiger partial charge in [0.15, 0.2) is 10.3 Å². The number of hydrogen-bond donors (Lipinski definition) is 0. The third kappa shape index (κ3) is 5.96. The van der Waals surface area contributed by atoms with E-state index in [9.17, 15) is 19.2 Å². The topological polar surface area (TPSA) is 110 Å². The molecule has 2 saturated heterocycles. The van der Waals surface area contributed by atoms with Crippen molar-refractivity contribution in [3.63, 3.8) is 0 Å². The second-order valence-electron chi connectivity index (χ2n) is 10.5. The summed E-state index contributed by atoms with van der Waals surface area (Å²) < 4.78 is 3.10. The number of nitrogens with zero attached hydrogens (tertiary/aromatic N) is 6. The van der Waals surface area contributed by atoms with Crippen molar-refractivity contribution in [1.82, 2.24) is 28.9 Å². The molecule has 2 aromatic carbocycles. The van der Waals surface area contributed by atoms with Gasteiger partial charge in [-0.05, 0) is 49.9 Å². The Balaban J connectivity index is 1.31. The van der Waals surface area contributed by atoms with Gasteiger partial charge in [-0.3, -0.25) is 28.3 Å². The molecule has 2 aromatic heterocycles. The molecule has 10 nitrogen and oxygen atoms in total. The summed E-state index contributed by atoms with van der Waals surface area (Å²) in [7, 11) is 0. The largest absolute Gasteiger partial charge is 0.342 e. The molecule has 0 radical (unpaired) electrons. The lowest BCUT2D eigenvalue weighted by Crippen LogP contribution is -2.32. The number of hydrogen-bond acceptors (Lipinski definition) is 8. The molecule has 0 spiro atoms. The third-order valence-electron chi connectivity index (χ3n) is 7.77. The van der Waals surface area contributed by atoms with E-state index in [0.29, 0.717) is 32.1 Å². The summed E-state index contributed by atoms with van der Waals surface area (Å²) in [4.78, 5) is 66.1. The summed E-state index contributed by atoms with van der Waals surface area (Å²) in [6.45, 7) is 3.35. The van der Waals surface area contributed by atoms with Crippen LogP contribution in [-0.4, -0.2) is 78.4 Å². The molecule has 0 unspecified atom stereocenters. The number of thioether (sulfide) groups is 2. The molecule has 0 atom stereocenters. The van der Waals surface area contributed by atoms with Crippen molar-refractivity contribution in [3.8, 4) is 0 Å². The fraction of sp³-hybridized carbons (Fsp3) is 0.400. The Bertz CT molecular complexity index is 1630. The summed E-state index contributed by atoms with van der Waals surface area (Å²) in [6.07, 6.45) is 4.03. The number of fused-ring (bicyclic) bond motifs is 2. The molecule has 4 heterocycles. The lowest BCUT2D eigenvalue weighted by atomic mass is 10.2. The van der Waals surface area contributed by atoms with E-state index in [0.717, 1.165) is 51.9 Å². The molecule has 2 amide bonds. The average molecular weight is 605 g/mol. The van der Waals surface area contributed by atoms with Gasteiger partial charge in [-0.15, -0.1) is 0 Å². The fourth-order valence-corrected chi connectivity index (χ4v) is 7.33. The van der Waals surface area contributed by atoms with Gasteiger partial charge < -0.3 is 9.80 Å². The minimum absolute atomic E-state index is 0.0303. The van der Waals surface area contributed by atoms with Gasteiger partial charge in [0.25, 0.3) is 11.1 Å². The van der Waals surface area contributed by atoms with E-state index in [4.69, 9.17) is 9.97 Å². The van der Waals surface area contributed by atoms with Crippen molar-refractivity contribution in [2.75, 3.05) is 37.7 Å². The Labute approximate surface area is 251 Å². The molecule has 0 N–H and O–H groups in total. The summed E-state index contributed by atoms with van der Waals surface area (Å²) in [5, 5.41) is 1.82. The highest BCUT2D eigenvalue weighted by atomic mass is 32.2. The fourth-order valence-electron chi connectivity index (χ4n) is 5.48. The van der Waals surface area contributed by atoms with Crippen LogP contribution in [0.3, 0.4) is 0 Å². The first-order chi connectivity index (χ1) is 20.5. The SMILES string of the molecule is O=C(CSc1nc2ccccc2c(=O)n1CCn1c(SCC(=O)N2CCCC2)nc2ccccc2c1=O)N1CCCC1. The number of aromatic nitrogens is 4. The van der Waals surface area contributed by atoms with E-state index >= 15 is 0 Å².